The summed E-state index contributed by atoms with van der Waals surface area (Å²) in [5.41, 5.74) is -0.286. The number of aliphatic hydroxyl groups excluding tert-OH is 1. The van der Waals surface area contributed by atoms with Gasteiger partial charge in [-0.25, -0.2) is 0 Å². The van der Waals surface area contributed by atoms with Crippen molar-refractivity contribution in [3.8, 4) is 0 Å². The van der Waals surface area contributed by atoms with Crippen molar-refractivity contribution in [1.82, 2.24) is 5.32 Å². The number of carbonyl (C=O) groups excluding carboxylic acids is 1. The normalized spacial score (nSPS) is 11.5. The van der Waals surface area contributed by atoms with Gasteiger partial charge in [-0.05, 0) is 12.8 Å². The Balaban J connectivity index is 3.47. The van der Waals surface area contributed by atoms with Crippen LogP contribution in [0.4, 0.5) is 0 Å². The van der Waals surface area contributed by atoms with E-state index in [1.165, 1.54) is 0 Å². The van der Waals surface area contributed by atoms with Gasteiger partial charge in [0, 0.05) is 18.6 Å². The lowest BCUT2D eigenvalue weighted by atomic mass is 9.89. The van der Waals surface area contributed by atoms with Crippen molar-refractivity contribution in [2.75, 3.05) is 26.4 Å². The molecule has 15 heavy (non-hydrogen) atoms. The van der Waals surface area contributed by atoms with Crippen molar-refractivity contribution in [3.63, 3.8) is 0 Å². The first-order valence-electron chi connectivity index (χ1n) is 5.51. The largest absolute Gasteiger partial charge is 0.394 e. The van der Waals surface area contributed by atoms with Gasteiger partial charge in [-0.1, -0.05) is 20.8 Å². The molecule has 0 aliphatic heterocycles. The van der Waals surface area contributed by atoms with E-state index in [9.17, 15) is 4.79 Å². The van der Waals surface area contributed by atoms with Crippen molar-refractivity contribution in [2.45, 2.75) is 33.6 Å². The Labute approximate surface area is 92.0 Å². The molecule has 0 aromatic carbocycles. The van der Waals surface area contributed by atoms with Crippen molar-refractivity contribution < 1.29 is 14.6 Å². The van der Waals surface area contributed by atoms with Gasteiger partial charge in [-0.15, -0.1) is 0 Å². The van der Waals surface area contributed by atoms with Gasteiger partial charge < -0.3 is 15.2 Å². The van der Waals surface area contributed by atoms with E-state index in [2.05, 4.69) is 5.32 Å². The molecule has 0 aliphatic carbocycles. The summed E-state index contributed by atoms with van der Waals surface area (Å²) in [6, 6.07) is 0. The number of ether oxygens (including phenoxy) is 1. The fourth-order valence-electron chi connectivity index (χ4n) is 0.943. The number of nitrogens with one attached hydrogen (secondary N) is 1. The first-order valence-corrected chi connectivity index (χ1v) is 5.51. The van der Waals surface area contributed by atoms with E-state index in [1.54, 1.807) is 0 Å². The average Bonchev–Trinajstić information content (AvgIpc) is 2.22. The summed E-state index contributed by atoms with van der Waals surface area (Å²) < 4.78 is 5.08. The summed E-state index contributed by atoms with van der Waals surface area (Å²) in [4.78, 5) is 11.6. The lowest BCUT2D eigenvalue weighted by molar-refractivity contribution is -0.129. The van der Waals surface area contributed by atoms with Crippen LogP contribution in [0.3, 0.4) is 0 Å². The van der Waals surface area contributed by atoms with Crippen LogP contribution in [-0.4, -0.2) is 37.4 Å². The van der Waals surface area contributed by atoms with Crippen molar-refractivity contribution in [2.24, 2.45) is 5.41 Å². The highest BCUT2D eigenvalue weighted by Gasteiger charge is 2.24. The molecule has 0 rings (SSSR count). The van der Waals surface area contributed by atoms with Crippen LogP contribution in [0.15, 0.2) is 0 Å². The number of rotatable bonds is 8. The molecule has 0 heterocycles. The Morgan fingerprint density at radius 3 is 2.60 bits per heavy atom. The van der Waals surface area contributed by atoms with Crippen LogP contribution in [0.2, 0.25) is 0 Å². The van der Waals surface area contributed by atoms with Crippen LogP contribution >= 0.6 is 0 Å². The Kier molecular flexibility index (Phi) is 7.34. The smallest absolute Gasteiger partial charge is 0.225 e. The van der Waals surface area contributed by atoms with Gasteiger partial charge in [-0.2, -0.15) is 0 Å². The molecule has 90 valence electrons. The molecule has 4 nitrogen and oxygen atoms in total. The summed E-state index contributed by atoms with van der Waals surface area (Å²) >= 11 is 0. The highest BCUT2D eigenvalue weighted by Crippen LogP contribution is 2.19. The quantitative estimate of drug-likeness (QED) is 0.595. The van der Waals surface area contributed by atoms with E-state index in [-0.39, 0.29) is 17.9 Å². The number of carbonyl (C=O) groups is 1. The lowest BCUT2D eigenvalue weighted by Crippen LogP contribution is -2.37. The lowest BCUT2D eigenvalue weighted by Gasteiger charge is -2.21. The molecule has 0 saturated carbocycles. The van der Waals surface area contributed by atoms with Crippen molar-refractivity contribution in [1.29, 1.82) is 0 Å². The molecule has 0 saturated heterocycles. The third-order valence-electron chi connectivity index (χ3n) is 2.49. The first kappa shape index (κ1) is 14.4. The topological polar surface area (TPSA) is 58.6 Å². The molecule has 0 radical (unpaired) electrons. The second-order valence-electron chi connectivity index (χ2n) is 4.18. The minimum Gasteiger partial charge on any atom is -0.394 e. The molecule has 0 fully saturated rings. The zero-order valence-electron chi connectivity index (χ0n) is 10.0. The minimum atomic E-state index is -0.286. The highest BCUT2D eigenvalue weighted by atomic mass is 16.5. The van der Waals surface area contributed by atoms with E-state index in [4.69, 9.17) is 9.84 Å². The summed E-state index contributed by atoms with van der Waals surface area (Å²) in [7, 11) is 0. The van der Waals surface area contributed by atoms with Gasteiger partial charge in [0.25, 0.3) is 0 Å². The molecule has 0 spiro atoms. The van der Waals surface area contributed by atoms with Crippen molar-refractivity contribution in [3.05, 3.63) is 0 Å². The number of aliphatic hydroxyl groups is 1. The van der Waals surface area contributed by atoms with Crippen molar-refractivity contribution >= 4 is 5.91 Å². The van der Waals surface area contributed by atoms with Crippen LogP contribution in [0.5, 0.6) is 0 Å². The van der Waals surface area contributed by atoms with Gasteiger partial charge in [0.2, 0.25) is 5.91 Å². The zero-order valence-corrected chi connectivity index (χ0v) is 10.0. The monoisotopic (exact) mass is 217 g/mol. The third kappa shape index (κ3) is 6.47. The molecule has 0 aromatic rings. The third-order valence-corrected chi connectivity index (χ3v) is 2.49. The summed E-state index contributed by atoms with van der Waals surface area (Å²) in [6.45, 7) is 7.50. The van der Waals surface area contributed by atoms with E-state index in [1.807, 2.05) is 20.8 Å². The number of hydrogen-bond donors (Lipinski definition) is 2. The molecule has 0 aliphatic rings. The number of hydrogen-bond acceptors (Lipinski definition) is 3. The van der Waals surface area contributed by atoms with Crippen LogP contribution in [0, 0.1) is 5.41 Å². The standard InChI is InChI=1S/C11H23NO3/c1-4-11(2,3)10(14)12-6-5-8-15-9-7-13/h13H,4-9H2,1-3H3,(H,12,14). The Morgan fingerprint density at radius 2 is 2.07 bits per heavy atom. The van der Waals surface area contributed by atoms with E-state index in [0.717, 1.165) is 12.8 Å². The predicted molar refractivity (Wildman–Crippen MR) is 59.6 cm³/mol. The molecule has 2 N–H and O–H groups in total. The fourth-order valence-corrected chi connectivity index (χ4v) is 0.943. The first-order chi connectivity index (χ1) is 7.04. The molecular formula is C11H23NO3. The maximum Gasteiger partial charge on any atom is 0.225 e. The van der Waals surface area contributed by atoms with E-state index in [0.29, 0.717) is 19.8 Å². The Bertz CT molecular complexity index is 181. The molecule has 1 amide bonds. The van der Waals surface area contributed by atoms with Crippen LogP contribution in [0.1, 0.15) is 33.6 Å². The minimum absolute atomic E-state index is 0.0508. The molecule has 0 unspecified atom stereocenters. The second-order valence-corrected chi connectivity index (χ2v) is 4.18. The molecular weight excluding hydrogens is 194 g/mol. The second kappa shape index (κ2) is 7.65. The van der Waals surface area contributed by atoms with E-state index >= 15 is 0 Å². The molecule has 0 aromatic heterocycles. The van der Waals surface area contributed by atoms with Gasteiger partial charge in [0.05, 0.1) is 13.2 Å². The summed E-state index contributed by atoms with van der Waals surface area (Å²) in [5, 5.41) is 11.3. The Hall–Kier alpha value is -0.610. The number of amides is 1. The van der Waals surface area contributed by atoms with Crippen LogP contribution in [0.25, 0.3) is 0 Å². The van der Waals surface area contributed by atoms with Gasteiger partial charge in [0.15, 0.2) is 0 Å². The SMILES string of the molecule is CCC(C)(C)C(=O)NCCCOCCO. The average molecular weight is 217 g/mol. The highest BCUT2D eigenvalue weighted by molar-refractivity contribution is 5.81. The molecule has 4 heteroatoms. The fraction of sp³-hybridized carbons (Fsp3) is 0.909. The molecule has 0 bridgehead atoms. The zero-order chi connectivity index (χ0) is 11.7. The van der Waals surface area contributed by atoms with E-state index < -0.39 is 0 Å². The maximum absolute atomic E-state index is 11.6. The maximum atomic E-state index is 11.6. The summed E-state index contributed by atoms with van der Waals surface area (Å²) in [5.74, 6) is 0.0900. The van der Waals surface area contributed by atoms with Gasteiger partial charge in [0.1, 0.15) is 0 Å². The van der Waals surface area contributed by atoms with Crippen LogP contribution < -0.4 is 5.32 Å². The predicted octanol–water partition coefficient (Wildman–Crippen LogP) is 0.938. The van der Waals surface area contributed by atoms with Gasteiger partial charge in [-0.3, -0.25) is 4.79 Å². The Morgan fingerprint density at radius 1 is 1.40 bits per heavy atom. The van der Waals surface area contributed by atoms with Crippen LogP contribution in [-0.2, 0) is 9.53 Å². The molecule has 0 atom stereocenters. The van der Waals surface area contributed by atoms with Gasteiger partial charge >= 0.3 is 0 Å². The summed E-state index contributed by atoms with van der Waals surface area (Å²) in [6.07, 6.45) is 1.62.